The maximum atomic E-state index is 12.5. The monoisotopic (exact) mass is 311 g/mol. The van der Waals surface area contributed by atoms with Crippen LogP contribution < -0.4 is 10.0 Å². The Morgan fingerprint density at radius 1 is 1.38 bits per heavy atom. The molecule has 1 heterocycles. The van der Waals surface area contributed by atoms with Gasteiger partial charge in [-0.15, -0.1) is 0 Å². The van der Waals surface area contributed by atoms with Crippen LogP contribution in [0.1, 0.15) is 39.5 Å². The fourth-order valence-corrected chi connectivity index (χ4v) is 4.05. The van der Waals surface area contributed by atoms with E-state index in [1.54, 1.807) is 18.3 Å². The van der Waals surface area contributed by atoms with Gasteiger partial charge in [0, 0.05) is 19.3 Å². The largest absolute Gasteiger partial charge is 0.369 e. The van der Waals surface area contributed by atoms with Crippen molar-refractivity contribution >= 4 is 15.8 Å². The Morgan fingerprint density at radius 3 is 2.86 bits per heavy atom. The zero-order valence-electron chi connectivity index (χ0n) is 12.8. The first kappa shape index (κ1) is 16.2. The van der Waals surface area contributed by atoms with Crippen LogP contribution in [0, 0.1) is 11.8 Å². The van der Waals surface area contributed by atoms with Crippen LogP contribution in [0.5, 0.6) is 0 Å². The molecule has 1 aliphatic carbocycles. The Morgan fingerprint density at radius 2 is 2.19 bits per heavy atom. The van der Waals surface area contributed by atoms with Gasteiger partial charge in [-0.2, -0.15) is 0 Å². The van der Waals surface area contributed by atoms with E-state index in [9.17, 15) is 8.42 Å². The maximum absolute atomic E-state index is 12.5. The summed E-state index contributed by atoms with van der Waals surface area (Å²) in [6.07, 6.45) is 5.94. The lowest BCUT2D eigenvalue weighted by Crippen LogP contribution is -2.29. The van der Waals surface area contributed by atoms with Crippen LogP contribution in [0.4, 0.5) is 5.82 Å². The molecule has 118 valence electrons. The number of aromatic nitrogens is 1. The first-order valence-electron chi connectivity index (χ1n) is 7.71. The van der Waals surface area contributed by atoms with Crippen molar-refractivity contribution in [3.63, 3.8) is 0 Å². The lowest BCUT2D eigenvalue weighted by molar-refractivity contribution is 0.498. The molecule has 0 saturated heterocycles. The number of nitrogens with zero attached hydrogens (tertiary/aromatic N) is 1. The van der Waals surface area contributed by atoms with Crippen LogP contribution in [-0.2, 0) is 10.0 Å². The Bertz CT molecular complexity index is 560. The van der Waals surface area contributed by atoms with E-state index in [-0.39, 0.29) is 4.90 Å². The Hall–Kier alpha value is -1.14. The minimum atomic E-state index is -3.50. The summed E-state index contributed by atoms with van der Waals surface area (Å²) in [6.45, 7) is 5.49. The molecular weight excluding hydrogens is 286 g/mol. The van der Waals surface area contributed by atoms with Crippen molar-refractivity contribution in [1.29, 1.82) is 0 Å². The first-order chi connectivity index (χ1) is 10.0. The third-order valence-electron chi connectivity index (χ3n) is 3.97. The van der Waals surface area contributed by atoms with Crippen molar-refractivity contribution in [2.24, 2.45) is 11.8 Å². The van der Waals surface area contributed by atoms with E-state index in [4.69, 9.17) is 0 Å². The van der Waals surface area contributed by atoms with Crippen molar-refractivity contribution in [3.8, 4) is 0 Å². The molecule has 0 aromatic carbocycles. The molecule has 0 radical (unpaired) electrons. The van der Waals surface area contributed by atoms with Gasteiger partial charge in [-0.05, 0) is 43.2 Å². The number of pyridine rings is 1. The molecule has 1 saturated carbocycles. The van der Waals surface area contributed by atoms with Gasteiger partial charge < -0.3 is 5.32 Å². The Balaban J connectivity index is 2.05. The number of sulfonamides is 1. The molecule has 1 aromatic heterocycles. The maximum Gasteiger partial charge on any atom is 0.244 e. The van der Waals surface area contributed by atoms with Gasteiger partial charge in [-0.3, -0.25) is 0 Å². The molecule has 0 amide bonds. The van der Waals surface area contributed by atoms with Crippen molar-refractivity contribution in [3.05, 3.63) is 18.3 Å². The van der Waals surface area contributed by atoms with E-state index in [1.807, 2.05) is 6.92 Å². The summed E-state index contributed by atoms with van der Waals surface area (Å²) in [5.41, 5.74) is 0. The SMILES string of the molecule is CCCNc1ncccc1S(=O)(=O)NCC1CCC(C)C1. The molecule has 6 heteroatoms. The first-order valence-corrected chi connectivity index (χ1v) is 9.19. The summed E-state index contributed by atoms with van der Waals surface area (Å²) >= 11 is 0. The van der Waals surface area contributed by atoms with Gasteiger partial charge in [-0.1, -0.05) is 20.3 Å². The van der Waals surface area contributed by atoms with Crippen LogP contribution in [0.15, 0.2) is 23.2 Å². The predicted octanol–water partition coefficient (Wildman–Crippen LogP) is 2.62. The summed E-state index contributed by atoms with van der Waals surface area (Å²) in [6, 6.07) is 3.26. The van der Waals surface area contributed by atoms with Gasteiger partial charge in [0.2, 0.25) is 10.0 Å². The highest BCUT2D eigenvalue weighted by Crippen LogP contribution is 2.30. The molecule has 2 unspecified atom stereocenters. The van der Waals surface area contributed by atoms with E-state index in [2.05, 4.69) is 21.9 Å². The standard InChI is InChI=1S/C15H25N3O2S/c1-3-8-16-15-14(5-4-9-17-15)21(19,20)18-11-13-7-6-12(2)10-13/h4-5,9,12-13,18H,3,6-8,10-11H2,1-2H3,(H,16,17). The average molecular weight is 311 g/mol. The van der Waals surface area contributed by atoms with Crippen molar-refractivity contribution in [2.75, 3.05) is 18.4 Å². The summed E-state index contributed by atoms with van der Waals surface area (Å²) in [5.74, 6) is 1.60. The number of nitrogens with one attached hydrogen (secondary N) is 2. The zero-order valence-corrected chi connectivity index (χ0v) is 13.6. The minimum absolute atomic E-state index is 0.240. The normalized spacial score (nSPS) is 22.4. The highest BCUT2D eigenvalue weighted by Gasteiger charge is 2.25. The molecule has 2 rings (SSSR count). The van der Waals surface area contributed by atoms with E-state index in [1.165, 1.54) is 6.42 Å². The summed E-state index contributed by atoms with van der Waals surface area (Å²) < 4.78 is 27.7. The number of hydrogen-bond donors (Lipinski definition) is 2. The highest BCUT2D eigenvalue weighted by atomic mass is 32.2. The second kappa shape index (κ2) is 7.22. The van der Waals surface area contributed by atoms with E-state index in [0.29, 0.717) is 30.7 Å². The lowest BCUT2D eigenvalue weighted by Gasteiger charge is -2.14. The lowest BCUT2D eigenvalue weighted by atomic mass is 10.1. The molecule has 0 aliphatic heterocycles. The summed E-state index contributed by atoms with van der Waals surface area (Å²) in [5, 5.41) is 3.07. The van der Waals surface area contributed by atoms with Crippen LogP contribution >= 0.6 is 0 Å². The Kier molecular flexibility index (Phi) is 5.58. The third kappa shape index (κ3) is 4.41. The van der Waals surface area contributed by atoms with Gasteiger partial charge in [0.15, 0.2) is 0 Å². The molecule has 1 fully saturated rings. The molecule has 2 N–H and O–H groups in total. The summed E-state index contributed by atoms with van der Waals surface area (Å²) in [7, 11) is -3.50. The van der Waals surface area contributed by atoms with Gasteiger partial charge in [0.25, 0.3) is 0 Å². The van der Waals surface area contributed by atoms with Crippen LogP contribution in [-0.4, -0.2) is 26.5 Å². The average Bonchev–Trinajstić information content (AvgIpc) is 2.89. The van der Waals surface area contributed by atoms with Crippen molar-refractivity contribution < 1.29 is 8.42 Å². The highest BCUT2D eigenvalue weighted by molar-refractivity contribution is 7.89. The van der Waals surface area contributed by atoms with Gasteiger partial charge in [-0.25, -0.2) is 18.1 Å². The van der Waals surface area contributed by atoms with Gasteiger partial charge >= 0.3 is 0 Å². The fourth-order valence-electron chi connectivity index (χ4n) is 2.80. The fraction of sp³-hybridized carbons (Fsp3) is 0.667. The number of anilines is 1. The molecule has 5 nitrogen and oxygen atoms in total. The second-order valence-electron chi connectivity index (χ2n) is 5.91. The predicted molar refractivity (Wildman–Crippen MR) is 84.7 cm³/mol. The van der Waals surface area contributed by atoms with Gasteiger partial charge in [0.1, 0.15) is 10.7 Å². The van der Waals surface area contributed by atoms with E-state index in [0.717, 1.165) is 19.3 Å². The van der Waals surface area contributed by atoms with E-state index >= 15 is 0 Å². The smallest absolute Gasteiger partial charge is 0.244 e. The second-order valence-corrected chi connectivity index (χ2v) is 7.65. The van der Waals surface area contributed by atoms with Crippen LogP contribution in [0.3, 0.4) is 0 Å². The van der Waals surface area contributed by atoms with Gasteiger partial charge in [0.05, 0.1) is 0 Å². The third-order valence-corrected chi connectivity index (χ3v) is 5.42. The molecule has 0 spiro atoms. The molecular formula is C15H25N3O2S. The van der Waals surface area contributed by atoms with Crippen molar-refractivity contribution in [1.82, 2.24) is 9.71 Å². The van der Waals surface area contributed by atoms with Crippen molar-refractivity contribution in [2.45, 2.75) is 44.4 Å². The number of rotatable bonds is 7. The minimum Gasteiger partial charge on any atom is -0.369 e. The molecule has 0 bridgehead atoms. The molecule has 1 aliphatic rings. The number of hydrogen-bond acceptors (Lipinski definition) is 4. The quantitative estimate of drug-likeness (QED) is 0.812. The van der Waals surface area contributed by atoms with Crippen LogP contribution in [0.25, 0.3) is 0 Å². The van der Waals surface area contributed by atoms with E-state index < -0.39 is 10.0 Å². The Labute approximate surface area is 127 Å². The molecule has 2 atom stereocenters. The molecule has 21 heavy (non-hydrogen) atoms. The molecule has 1 aromatic rings. The summed E-state index contributed by atoms with van der Waals surface area (Å²) in [4.78, 5) is 4.38. The topological polar surface area (TPSA) is 71.1 Å². The van der Waals surface area contributed by atoms with Crippen LogP contribution in [0.2, 0.25) is 0 Å². The zero-order chi connectivity index (χ0) is 15.3.